The zero-order chi connectivity index (χ0) is 39.4. The van der Waals surface area contributed by atoms with Crippen molar-refractivity contribution >= 4 is 11.9 Å². The summed E-state index contributed by atoms with van der Waals surface area (Å²) in [6.45, 7) is 2.42. The number of methoxy groups -OCH3 is 2. The molecule has 2 aliphatic rings. The number of nitrogens with zero attached hydrogens (tertiary/aromatic N) is 2. The first-order valence-electron chi connectivity index (χ1n) is 16.9. The summed E-state index contributed by atoms with van der Waals surface area (Å²) in [5.74, 6) is -1.58. The molecule has 288 valence electrons. The van der Waals surface area contributed by atoms with Crippen molar-refractivity contribution in [3.05, 3.63) is 91.5 Å². The van der Waals surface area contributed by atoms with E-state index in [1.165, 1.54) is 38.7 Å². The molecule has 0 amide bonds. The molecule has 4 heterocycles. The number of halogens is 4. The maximum Gasteiger partial charge on any atom is 0.341 e. The fourth-order valence-corrected chi connectivity index (χ4v) is 6.71. The number of hydrogen-bond acceptors (Lipinski definition) is 8. The van der Waals surface area contributed by atoms with Crippen LogP contribution in [0.15, 0.2) is 58.4 Å². The SMILES string of the molecule is CC[C@@H]1Cc2cc(OCC(F)F)c(OC)cc2-c2cc(=O)c(C(=O)O)cn21.CC[C@H]1Cc2cc(OCC(F)F)c(OC)cc2-c2cc(=O)c(C(=O)O)cn21. The van der Waals surface area contributed by atoms with E-state index in [9.17, 15) is 47.0 Å². The number of alkyl halides is 4. The van der Waals surface area contributed by atoms with Gasteiger partial charge in [0.15, 0.2) is 33.9 Å². The Hall–Kier alpha value is -5.80. The molecule has 0 aliphatic carbocycles. The van der Waals surface area contributed by atoms with Crippen molar-refractivity contribution in [2.75, 3.05) is 27.4 Å². The average molecular weight is 759 g/mol. The minimum absolute atomic E-state index is 0.0671. The number of hydrogen-bond donors (Lipinski definition) is 2. The topological polar surface area (TPSA) is 156 Å². The number of rotatable bonds is 12. The van der Waals surface area contributed by atoms with Crippen LogP contribution in [0.4, 0.5) is 17.6 Å². The molecule has 2 aliphatic heterocycles. The molecule has 0 radical (unpaired) electrons. The first kappa shape index (κ1) is 39.4. The van der Waals surface area contributed by atoms with E-state index >= 15 is 0 Å². The summed E-state index contributed by atoms with van der Waals surface area (Å²) in [5.41, 5.74) is 2.42. The van der Waals surface area contributed by atoms with Gasteiger partial charge in [-0.05, 0) is 61.1 Å². The van der Waals surface area contributed by atoms with Gasteiger partial charge in [0.2, 0.25) is 0 Å². The highest BCUT2D eigenvalue weighted by Crippen LogP contribution is 2.43. The summed E-state index contributed by atoms with van der Waals surface area (Å²) in [6, 6.07) is 9.02. The van der Waals surface area contributed by atoms with Crippen molar-refractivity contribution in [1.29, 1.82) is 0 Å². The van der Waals surface area contributed by atoms with Gasteiger partial charge in [-0.3, -0.25) is 9.59 Å². The molecule has 6 rings (SSSR count). The molecule has 2 aromatic carbocycles. The normalized spacial score (nSPS) is 15.2. The molecule has 4 aromatic rings. The number of ether oxygens (including phenoxy) is 4. The Bertz CT molecular complexity index is 2030. The quantitative estimate of drug-likeness (QED) is 0.148. The first-order chi connectivity index (χ1) is 25.7. The largest absolute Gasteiger partial charge is 0.493 e. The minimum atomic E-state index is -2.61. The van der Waals surface area contributed by atoms with E-state index in [0.717, 1.165) is 11.1 Å². The molecule has 2 atom stereocenters. The maximum absolute atomic E-state index is 12.5. The van der Waals surface area contributed by atoms with Crippen molar-refractivity contribution in [3.63, 3.8) is 0 Å². The molecule has 0 spiro atoms. The smallest absolute Gasteiger partial charge is 0.341 e. The number of carboxylic acid groups (broad SMARTS) is 2. The second-order valence-corrected chi connectivity index (χ2v) is 12.6. The second kappa shape index (κ2) is 16.5. The maximum atomic E-state index is 12.5. The third-order valence-electron chi connectivity index (χ3n) is 9.32. The molecule has 16 heteroatoms. The van der Waals surface area contributed by atoms with Gasteiger partial charge >= 0.3 is 11.9 Å². The zero-order valence-corrected chi connectivity index (χ0v) is 29.7. The van der Waals surface area contributed by atoms with Crippen molar-refractivity contribution in [1.82, 2.24) is 9.13 Å². The van der Waals surface area contributed by atoms with Gasteiger partial charge in [-0.2, -0.15) is 0 Å². The number of benzene rings is 2. The van der Waals surface area contributed by atoms with Gasteiger partial charge in [0, 0.05) is 47.7 Å². The molecule has 0 unspecified atom stereocenters. The first-order valence-corrected chi connectivity index (χ1v) is 16.9. The summed E-state index contributed by atoms with van der Waals surface area (Å²) in [4.78, 5) is 47.0. The zero-order valence-electron chi connectivity index (χ0n) is 29.7. The molecule has 54 heavy (non-hydrogen) atoms. The molecular weight excluding hydrogens is 720 g/mol. The van der Waals surface area contributed by atoms with Crippen LogP contribution in [-0.2, 0) is 12.8 Å². The van der Waals surface area contributed by atoms with Gasteiger partial charge in [-0.25, -0.2) is 27.2 Å². The summed E-state index contributed by atoms with van der Waals surface area (Å²) < 4.78 is 74.4. The molecule has 12 nitrogen and oxygen atoms in total. The molecular formula is C38H38F4N2O10. The lowest BCUT2D eigenvalue weighted by Crippen LogP contribution is -2.25. The lowest BCUT2D eigenvalue weighted by Gasteiger charge is -2.31. The van der Waals surface area contributed by atoms with E-state index in [2.05, 4.69) is 0 Å². The summed E-state index contributed by atoms with van der Waals surface area (Å²) in [5, 5.41) is 18.5. The summed E-state index contributed by atoms with van der Waals surface area (Å²) in [7, 11) is 2.80. The predicted octanol–water partition coefficient (Wildman–Crippen LogP) is 6.75. The van der Waals surface area contributed by atoms with Gasteiger partial charge in [0.05, 0.1) is 25.6 Å². The number of fused-ring (bicyclic) bond motifs is 6. The highest BCUT2D eigenvalue weighted by atomic mass is 19.3. The Kier molecular flexibility index (Phi) is 12.0. The van der Waals surface area contributed by atoms with Gasteiger partial charge in [-0.15, -0.1) is 0 Å². The number of aromatic carboxylic acids is 2. The summed E-state index contributed by atoms with van der Waals surface area (Å²) in [6.07, 6.45) is 0.0216. The van der Waals surface area contributed by atoms with Gasteiger partial charge < -0.3 is 38.3 Å². The van der Waals surface area contributed by atoms with Crippen molar-refractivity contribution in [2.45, 2.75) is 64.5 Å². The molecule has 0 saturated carbocycles. The third kappa shape index (κ3) is 8.06. The Morgan fingerprint density at radius 3 is 1.33 bits per heavy atom. The lowest BCUT2D eigenvalue weighted by atomic mass is 9.90. The van der Waals surface area contributed by atoms with E-state index in [0.29, 0.717) is 48.2 Å². The van der Waals surface area contributed by atoms with Gasteiger partial charge in [0.25, 0.3) is 12.9 Å². The Morgan fingerprint density at radius 2 is 1.04 bits per heavy atom. The van der Waals surface area contributed by atoms with Crippen molar-refractivity contribution in [2.24, 2.45) is 0 Å². The standard InChI is InChI=1S/2C19H19F2NO5/c2*1-3-11-4-10-5-17(27-9-18(20)21)16(26-2)6-12(10)14-7-15(23)13(19(24)25)8-22(11)14/h2*5-8,11,18H,3-4,9H2,1-2H3,(H,24,25)/t2*11-/m10/s1. The fourth-order valence-electron chi connectivity index (χ4n) is 6.71. The molecule has 2 aromatic heterocycles. The molecule has 0 fully saturated rings. The molecule has 0 bridgehead atoms. The Morgan fingerprint density at radius 1 is 0.667 bits per heavy atom. The van der Waals surface area contributed by atoms with Crippen molar-refractivity contribution in [3.8, 4) is 45.5 Å². The fraction of sp³-hybridized carbons (Fsp3) is 0.368. The van der Waals surface area contributed by atoms with Crippen LogP contribution in [0.1, 0.15) is 70.6 Å². The van der Waals surface area contributed by atoms with Crippen LogP contribution >= 0.6 is 0 Å². The average Bonchev–Trinajstić information content (AvgIpc) is 3.14. The van der Waals surface area contributed by atoms with Crippen molar-refractivity contribution < 1.29 is 56.3 Å². The molecule has 2 N–H and O–H groups in total. The van der Waals surface area contributed by atoms with Crippen LogP contribution in [0.25, 0.3) is 22.5 Å². The van der Waals surface area contributed by atoms with E-state index in [1.54, 1.807) is 33.4 Å². The van der Waals surface area contributed by atoms with E-state index in [4.69, 9.17) is 18.9 Å². The van der Waals surface area contributed by atoms with E-state index < -0.39 is 48.9 Å². The van der Waals surface area contributed by atoms with Crippen LogP contribution in [-0.4, -0.2) is 71.6 Å². The minimum Gasteiger partial charge on any atom is -0.493 e. The Labute approximate surface area is 306 Å². The summed E-state index contributed by atoms with van der Waals surface area (Å²) >= 11 is 0. The second-order valence-electron chi connectivity index (χ2n) is 12.6. The number of aromatic nitrogens is 2. The monoisotopic (exact) mass is 758 g/mol. The van der Waals surface area contributed by atoms with Crippen LogP contribution in [0, 0.1) is 0 Å². The predicted molar refractivity (Wildman–Crippen MR) is 188 cm³/mol. The number of carboxylic acids is 2. The van der Waals surface area contributed by atoms with Crippen LogP contribution in [0.5, 0.6) is 23.0 Å². The van der Waals surface area contributed by atoms with Crippen LogP contribution < -0.4 is 29.8 Å². The number of carbonyl (C=O) groups is 2. The van der Waals surface area contributed by atoms with E-state index in [-0.39, 0.29) is 46.2 Å². The van der Waals surface area contributed by atoms with Gasteiger partial charge in [0.1, 0.15) is 24.3 Å². The highest BCUT2D eigenvalue weighted by molar-refractivity contribution is 5.88. The number of pyridine rings is 2. The lowest BCUT2D eigenvalue weighted by molar-refractivity contribution is 0.0683. The van der Waals surface area contributed by atoms with E-state index in [1.807, 2.05) is 13.8 Å². The highest BCUT2D eigenvalue weighted by Gasteiger charge is 2.29. The van der Waals surface area contributed by atoms with Gasteiger partial charge in [-0.1, -0.05) is 13.8 Å². The van der Waals surface area contributed by atoms with Crippen LogP contribution in [0.3, 0.4) is 0 Å². The Balaban J connectivity index is 0.000000208. The van der Waals surface area contributed by atoms with Crippen LogP contribution in [0.2, 0.25) is 0 Å². The third-order valence-corrected chi connectivity index (χ3v) is 9.32. The molecule has 0 saturated heterocycles.